The molecule has 7 rings (SSSR count). The Morgan fingerprint density at radius 2 is 1.79 bits per heavy atom. The predicted octanol–water partition coefficient (Wildman–Crippen LogP) is 3.67. The number of benzene rings is 2. The van der Waals surface area contributed by atoms with Crippen molar-refractivity contribution >= 4 is 62.4 Å². The number of methoxy groups -OCH3 is 1. The topological polar surface area (TPSA) is 123 Å². The van der Waals surface area contributed by atoms with Gasteiger partial charge in [0.15, 0.2) is 17.1 Å². The summed E-state index contributed by atoms with van der Waals surface area (Å²) >= 11 is 6.68. The number of ether oxygens (including phenoxy) is 1. The molecule has 1 fully saturated rings. The van der Waals surface area contributed by atoms with Crippen molar-refractivity contribution in [2.45, 2.75) is 0 Å². The summed E-state index contributed by atoms with van der Waals surface area (Å²) < 4.78 is 8.23. The summed E-state index contributed by atoms with van der Waals surface area (Å²) in [4.78, 5) is 48.1. The molecule has 0 unspecified atom stereocenters. The molecule has 0 spiro atoms. The summed E-state index contributed by atoms with van der Waals surface area (Å²) in [6, 6.07) is 18.8. The first-order chi connectivity index (χ1) is 21.0. The van der Waals surface area contributed by atoms with Crippen molar-refractivity contribution in [1.82, 2.24) is 34.0 Å². The van der Waals surface area contributed by atoms with E-state index in [1.54, 1.807) is 21.8 Å². The average molecular weight is 596 g/mol. The van der Waals surface area contributed by atoms with Crippen LogP contribution in [0.5, 0.6) is 0 Å². The van der Waals surface area contributed by atoms with Crippen molar-refractivity contribution in [2.24, 2.45) is 0 Å². The number of nitrogens with one attached hydrogen (secondary N) is 1. The summed E-state index contributed by atoms with van der Waals surface area (Å²) in [7, 11) is 1.52. The minimum absolute atomic E-state index is 0.0138. The lowest BCUT2D eigenvalue weighted by molar-refractivity contribution is -0.135. The predicted molar refractivity (Wildman–Crippen MR) is 165 cm³/mol. The lowest BCUT2D eigenvalue weighted by Crippen LogP contribution is -2.49. The average Bonchev–Trinajstić information content (AvgIpc) is 3.36. The molecule has 0 radical (unpaired) electrons. The number of piperazine rings is 1. The molecular formula is C30H26ClN9O3. The van der Waals surface area contributed by atoms with Gasteiger partial charge in [-0.25, -0.2) is 19.6 Å². The normalized spacial score (nSPS) is 13.7. The van der Waals surface area contributed by atoms with Crippen LogP contribution in [0.2, 0.25) is 5.02 Å². The number of amides is 1. The molecule has 2 aromatic carbocycles. The number of carbonyl (C=O) groups excluding carboxylic acids is 1. The van der Waals surface area contributed by atoms with E-state index in [2.05, 4.69) is 25.2 Å². The van der Waals surface area contributed by atoms with E-state index in [9.17, 15) is 9.59 Å². The molecule has 0 aliphatic carbocycles. The van der Waals surface area contributed by atoms with Gasteiger partial charge in [0.25, 0.3) is 5.56 Å². The zero-order valence-electron chi connectivity index (χ0n) is 23.1. The number of rotatable bonds is 6. The molecule has 4 aromatic heterocycles. The maximum atomic E-state index is 13.8. The number of carbonyl (C=O) groups is 1. The largest absolute Gasteiger partial charge is 0.375 e. The number of anilines is 3. The summed E-state index contributed by atoms with van der Waals surface area (Å²) in [6.45, 7) is 2.63. The van der Waals surface area contributed by atoms with Crippen molar-refractivity contribution in [2.75, 3.05) is 50.1 Å². The van der Waals surface area contributed by atoms with E-state index in [0.29, 0.717) is 48.4 Å². The number of aromatic nitrogens is 6. The molecule has 0 bridgehead atoms. The van der Waals surface area contributed by atoms with E-state index in [1.165, 1.54) is 17.8 Å². The number of halogens is 1. The monoisotopic (exact) mass is 595 g/mol. The zero-order valence-corrected chi connectivity index (χ0v) is 23.9. The summed E-state index contributed by atoms with van der Waals surface area (Å²) in [5.41, 5.74) is 2.81. The fourth-order valence-corrected chi connectivity index (χ4v) is 5.73. The molecule has 5 heterocycles. The van der Waals surface area contributed by atoms with Crippen molar-refractivity contribution < 1.29 is 9.53 Å². The summed E-state index contributed by atoms with van der Waals surface area (Å²) in [6.07, 6.45) is 3.16. The highest BCUT2D eigenvalue weighted by atomic mass is 35.5. The molecule has 0 atom stereocenters. The quantitative estimate of drug-likeness (QED) is 0.307. The Morgan fingerprint density at radius 3 is 2.56 bits per heavy atom. The van der Waals surface area contributed by atoms with Gasteiger partial charge in [-0.05, 0) is 42.5 Å². The van der Waals surface area contributed by atoms with Gasteiger partial charge < -0.3 is 19.9 Å². The lowest BCUT2D eigenvalue weighted by atomic mass is 10.2. The van der Waals surface area contributed by atoms with Gasteiger partial charge in [0.2, 0.25) is 11.9 Å². The maximum Gasteiger partial charge on any atom is 0.284 e. The van der Waals surface area contributed by atoms with Crippen molar-refractivity contribution in [1.29, 1.82) is 0 Å². The molecule has 1 saturated heterocycles. The third kappa shape index (κ3) is 4.80. The molecular weight excluding hydrogens is 570 g/mol. The second-order valence-corrected chi connectivity index (χ2v) is 10.5. The fourth-order valence-electron chi connectivity index (χ4n) is 5.43. The Labute approximate surface area is 250 Å². The third-order valence-corrected chi connectivity index (χ3v) is 7.79. The van der Waals surface area contributed by atoms with Crippen LogP contribution in [0.3, 0.4) is 0 Å². The second kappa shape index (κ2) is 11.0. The number of para-hydroxylation sites is 1. The first-order valence-corrected chi connectivity index (χ1v) is 14.1. The Balaban J connectivity index is 1.19. The van der Waals surface area contributed by atoms with Gasteiger partial charge >= 0.3 is 0 Å². The number of hydrogen-bond acceptors (Lipinski definition) is 9. The maximum absolute atomic E-state index is 13.8. The third-order valence-electron chi connectivity index (χ3n) is 7.49. The SMILES string of the molecule is COCC(=O)N1CCN(c2ccc(Nc3ncc4c(=O)n5c(nc4n3)c3ccccc3n5-c3ccccn3)cc2Cl)CC1. The molecule has 0 saturated carbocycles. The fraction of sp³-hybridized carbons (Fsp3) is 0.200. The van der Waals surface area contributed by atoms with Gasteiger partial charge in [-0.15, -0.1) is 0 Å². The lowest BCUT2D eigenvalue weighted by Gasteiger charge is -2.36. The molecule has 12 nitrogen and oxygen atoms in total. The van der Waals surface area contributed by atoms with Gasteiger partial charge in [0.1, 0.15) is 12.0 Å². The van der Waals surface area contributed by atoms with Crippen LogP contribution in [0.15, 0.2) is 77.9 Å². The molecule has 13 heteroatoms. The summed E-state index contributed by atoms with van der Waals surface area (Å²) in [5.74, 6) is 0.865. The zero-order chi connectivity index (χ0) is 29.5. The smallest absolute Gasteiger partial charge is 0.284 e. The van der Waals surface area contributed by atoms with E-state index in [-0.39, 0.29) is 35.1 Å². The standard InChI is InChI=1S/C30H26ClN9O3/c1-43-18-26(41)38-14-12-37(13-15-38)24-10-9-19(16-22(24)31)34-30-33-17-21-27(36-30)35-28-20-6-2-3-7-23(20)39(40(28)29(21)42)25-8-4-5-11-32-25/h2-11,16-17H,12-15,18H2,1H3,(H,33,34,36). The van der Waals surface area contributed by atoms with Crippen LogP contribution in [-0.4, -0.2) is 79.8 Å². The first kappa shape index (κ1) is 26.8. The molecule has 1 aliphatic heterocycles. The minimum atomic E-state index is -0.301. The van der Waals surface area contributed by atoms with Gasteiger partial charge in [-0.3, -0.25) is 9.59 Å². The van der Waals surface area contributed by atoms with E-state index in [0.717, 1.165) is 16.6 Å². The van der Waals surface area contributed by atoms with Gasteiger partial charge in [0, 0.05) is 56.8 Å². The number of nitrogens with zero attached hydrogens (tertiary/aromatic N) is 8. The van der Waals surface area contributed by atoms with Crippen LogP contribution >= 0.6 is 11.6 Å². The molecule has 1 aliphatic rings. The number of pyridine rings is 1. The van der Waals surface area contributed by atoms with Crippen LogP contribution in [0, 0.1) is 0 Å². The molecule has 6 aromatic rings. The Kier molecular flexibility index (Phi) is 6.84. The second-order valence-electron chi connectivity index (χ2n) is 10.1. The number of fused-ring (bicyclic) bond motifs is 4. The van der Waals surface area contributed by atoms with E-state index in [4.69, 9.17) is 21.3 Å². The Bertz CT molecular complexity index is 2050. The van der Waals surface area contributed by atoms with Crippen LogP contribution in [0.1, 0.15) is 0 Å². The van der Waals surface area contributed by atoms with Gasteiger partial charge in [-0.1, -0.05) is 29.8 Å². The molecule has 1 N–H and O–H groups in total. The van der Waals surface area contributed by atoms with E-state index >= 15 is 0 Å². The first-order valence-electron chi connectivity index (χ1n) is 13.7. The Morgan fingerprint density at radius 1 is 0.977 bits per heavy atom. The van der Waals surface area contributed by atoms with Crippen molar-refractivity contribution in [3.8, 4) is 5.82 Å². The van der Waals surface area contributed by atoms with Crippen LogP contribution in [0.4, 0.5) is 17.3 Å². The van der Waals surface area contributed by atoms with E-state index < -0.39 is 0 Å². The Hall–Kier alpha value is -5.07. The summed E-state index contributed by atoms with van der Waals surface area (Å²) in [5, 5.41) is 4.82. The molecule has 43 heavy (non-hydrogen) atoms. The molecule has 216 valence electrons. The highest BCUT2D eigenvalue weighted by Gasteiger charge is 2.23. The highest BCUT2D eigenvalue weighted by Crippen LogP contribution is 2.31. The van der Waals surface area contributed by atoms with Gasteiger partial charge in [-0.2, -0.15) is 9.50 Å². The van der Waals surface area contributed by atoms with Gasteiger partial charge in [0.05, 0.1) is 16.2 Å². The van der Waals surface area contributed by atoms with Crippen LogP contribution in [0.25, 0.3) is 33.4 Å². The van der Waals surface area contributed by atoms with Crippen LogP contribution < -0.4 is 15.8 Å². The van der Waals surface area contributed by atoms with E-state index in [1.807, 2.05) is 54.6 Å². The molecule has 1 amide bonds. The highest BCUT2D eigenvalue weighted by molar-refractivity contribution is 6.33. The van der Waals surface area contributed by atoms with Crippen molar-refractivity contribution in [3.63, 3.8) is 0 Å². The minimum Gasteiger partial charge on any atom is -0.375 e. The van der Waals surface area contributed by atoms with Crippen molar-refractivity contribution in [3.05, 3.63) is 88.4 Å². The number of hydrogen-bond donors (Lipinski definition) is 1. The van der Waals surface area contributed by atoms with Crippen LogP contribution in [-0.2, 0) is 9.53 Å².